The van der Waals surface area contributed by atoms with Crippen LogP contribution in [0.2, 0.25) is 0 Å². The Hall–Kier alpha value is -2.75. The van der Waals surface area contributed by atoms with E-state index in [-0.39, 0.29) is 12.5 Å². The summed E-state index contributed by atoms with van der Waals surface area (Å²) in [6.45, 7) is 0.542. The lowest BCUT2D eigenvalue weighted by molar-refractivity contribution is -0.123. The van der Waals surface area contributed by atoms with Gasteiger partial charge in [-0.05, 0) is 60.0 Å². The van der Waals surface area contributed by atoms with Crippen LogP contribution in [-0.2, 0) is 31.2 Å². The third-order valence-electron chi connectivity index (χ3n) is 4.96. The highest BCUT2D eigenvalue weighted by Crippen LogP contribution is 2.26. The Labute approximate surface area is 147 Å². The zero-order valence-corrected chi connectivity index (χ0v) is 14.4. The second-order valence-corrected chi connectivity index (χ2v) is 6.60. The van der Waals surface area contributed by atoms with Crippen molar-refractivity contribution in [1.29, 1.82) is 0 Å². The fraction of sp³-hybridized carbons (Fsp3) is 0.286. The zero-order valence-electron chi connectivity index (χ0n) is 14.4. The van der Waals surface area contributed by atoms with Crippen molar-refractivity contribution in [3.05, 3.63) is 65.4 Å². The Bertz CT molecular complexity index is 927. The molecular formula is C21H22N2O2. The zero-order chi connectivity index (χ0) is 17.2. The summed E-state index contributed by atoms with van der Waals surface area (Å²) in [7, 11) is 2.02. The van der Waals surface area contributed by atoms with Gasteiger partial charge < -0.3 is 14.6 Å². The molecule has 4 heteroatoms. The summed E-state index contributed by atoms with van der Waals surface area (Å²) in [4.78, 5) is 12.1. The summed E-state index contributed by atoms with van der Waals surface area (Å²) in [5.41, 5.74) is 5.01. The number of carbonyl (C=O) groups is 1. The van der Waals surface area contributed by atoms with Crippen molar-refractivity contribution in [3.8, 4) is 5.75 Å². The topological polar surface area (TPSA) is 43.3 Å². The van der Waals surface area contributed by atoms with Crippen molar-refractivity contribution >= 4 is 16.8 Å². The molecule has 3 aromatic rings. The first-order valence-corrected chi connectivity index (χ1v) is 8.75. The van der Waals surface area contributed by atoms with Crippen LogP contribution in [0.3, 0.4) is 0 Å². The Kier molecular flexibility index (Phi) is 4.18. The van der Waals surface area contributed by atoms with Crippen LogP contribution in [0.25, 0.3) is 10.9 Å². The van der Waals surface area contributed by atoms with E-state index in [2.05, 4.69) is 40.2 Å². The van der Waals surface area contributed by atoms with Crippen molar-refractivity contribution in [2.45, 2.75) is 25.8 Å². The molecule has 128 valence electrons. The summed E-state index contributed by atoms with van der Waals surface area (Å²) in [5.74, 6) is 0.672. The fourth-order valence-electron chi connectivity index (χ4n) is 3.54. The van der Waals surface area contributed by atoms with Gasteiger partial charge in [0.05, 0.1) is 6.54 Å². The van der Waals surface area contributed by atoms with Gasteiger partial charge in [0, 0.05) is 18.3 Å². The third-order valence-corrected chi connectivity index (χ3v) is 4.96. The minimum absolute atomic E-state index is 0.0444. The van der Waals surface area contributed by atoms with Gasteiger partial charge >= 0.3 is 0 Å². The predicted octanol–water partition coefficient (Wildman–Crippen LogP) is 3.36. The number of para-hydroxylation sites is 1. The van der Waals surface area contributed by atoms with E-state index in [9.17, 15) is 4.79 Å². The number of carbonyl (C=O) groups excluding carboxylic acids is 1. The molecule has 4 rings (SSSR count). The summed E-state index contributed by atoms with van der Waals surface area (Å²) in [6.07, 6.45) is 3.48. The first-order valence-electron chi connectivity index (χ1n) is 8.75. The molecule has 0 radical (unpaired) electrons. The molecule has 2 aromatic carbocycles. The molecule has 0 atom stereocenters. The monoisotopic (exact) mass is 334 g/mol. The van der Waals surface area contributed by atoms with Crippen molar-refractivity contribution in [2.75, 3.05) is 6.61 Å². The van der Waals surface area contributed by atoms with Crippen LogP contribution in [0.1, 0.15) is 23.2 Å². The molecule has 1 amide bonds. The second kappa shape index (κ2) is 6.63. The lowest BCUT2D eigenvalue weighted by atomic mass is 10.1. The Balaban J connectivity index is 1.33. The molecule has 0 unspecified atom stereocenters. The minimum atomic E-state index is -0.106. The molecule has 1 aliphatic carbocycles. The number of nitrogens with zero attached hydrogens (tertiary/aromatic N) is 1. The van der Waals surface area contributed by atoms with E-state index in [1.165, 1.54) is 28.5 Å². The van der Waals surface area contributed by atoms with Crippen molar-refractivity contribution < 1.29 is 9.53 Å². The molecule has 0 bridgehead atoms. The van der Waals surface area contributed by atoms with Gasteiger partial charge in [0.2, 0.25) is 0 Å². The predicted molar refractivity (Wildman–Crippen MR) is 98.7 cm³/mol. The number of nitrogens with one attached hydrogen (secondary N) is 1. The number of benzene rings is 2. The van der Waals surface area contributed by atoms with Crippen LogP contribution in [0.4, 0.5) is 0 Å². The highest BCUT2D eigenvalue weighted by atomic mass is 16.5. The van der Waals surface area contributed by atoms with Crippen LogP contribution in [0.15, 0.2) is 48.5 Å². The van der Waals surface area contributed by atoms with Gasteiger partial charge in [0.15, 0.2) is 6.61 Å². The van der Waals surface area contributed by atoms with E-state index in [0.717, 1.165) is 24.3 Å². The smallest absolute Gasteiger partial charge is 0.258 e. The largest absolute Gasteiger partial charge is 0.484 e. The van der Waals surface area contributed by atoms with Gasteiger partial charge in [-0.1, -0.05) is 24.3 Å². The van der Waals surface area contributed by atoms with Gasteiger partial charge in [-0.3, -0.25) is 4.79 Å². The SMILES string of the molecule is Cn1c(CNC(=O)COc2ccc3c(c2)CCC3)cc2ccccc21. The van der Waals surface area contributed by atoms with Crippen molar-refractivity contribution in [2.24, 2.45) is 7.05 Å². The molecular weight excluding hydrogens is 312 g/mol. The number of rotatable bonds is 5. The van der Waals surface area contributed by atoms with E-state index in [1.807, 2.05) is 25.2 Å². The number of amides is 1. The van der Waals surface area contributed by atoms with Gasteiger partial charge in [-0.2, -0.15) is 0 Å². The summed E-state index contributed by atoms with van der Waals surface area (Å²) < 4.78 is 7.76. The molecule has 0 fully saturated rings. The molecule has 0 saturated heterocycles. The van der Waals surface area contributed by atoms with Gasteiger partial charge in [0.25, 0.3) is 5.91 Å². The van der Waals surface area contributed by atoms with Crippen LogP contribution < -0.4 is 10.1 Å². The first kappa shape index (κ1) is 15.8. The maximum Gasteiger partial charge on any atom is 0.258 e. The van der Waals surface area contributed by atoms with E-state index in [4.69, 9.17) is 4.74 Å². The Morgan fingerprint density at radius 3 is 2.84 bits per heavy atom. The van der Waals surface area contributed by atoms with Crippen molar-refractivity contribution in [1.82, 2.24) is 9.88 Å². The molecule has 25 heavy (non-hydrogen) atoms. The standard InChI is InChI=1S/C21H22N2O2/c1-23-18(11-17-5-2-3-8-20(17)23)13-22-21(24)14-25-19-10-9-15-6-4-7-16(15)12-19/h2-3,5,8-12H,4,6-7,13-14H2,1H3,(H,22,24). The molecule has 0 spiro atoms. The molecule has 1 heterocycles. The van der Waals surface area contributed by atoms with Gasteiger partial charge in [-0.25, -0.2) is 0 Å². The second-order valence-electron chi connectivity index (χ2n) is 6.60. The first-order chi connectivity index (χ1) is 12.2. The number of aromatic nitrogens is 1. The van der Waals surface area contributed by atoms with Gasteiger partial charge in [0.1, 0.15) is 5.75 Å². The Morgan fingerprint density at radius 1 is 1.12 bits per heavy atom. The fourth-order valence-corrected chi connectivity index (χ4v) is 3.54. The van der Waals surface area contributed by atoms with Crippen molar-refractivity contribution in [3.63, 3.8) is 0 Å². The average Bonchev–Trinajstić information content (AvgIpc) is 3.22. The van der Waals surface area contributed by atoms with Gasteiger partial charge in [-0.15, -0.1) is 0 Å². The summed E-state index contributed by atoms with van der Waals surface area (Å²) in [6, 6.07) is 16.5. The molecule has 4 nitrogen and oxygen atoms in total. The highest BCUT2D eigenvalue weighted by molar-refractivity contribution is 5.82. The highest BCUT2D eigenvalue weighted by Gasteiger charge is 2.12. The summed E-state index contributed by atoms with van der Waals surface area (Å²) >= 11 is 0. The molecule has 0 aliphatic heterocycles. The lowest BCUT2D eigenvalue weighted by Crippen LogP contribution is -2.29. The Morgan fingerprint density at radius 2 is 1.96 bits per heavy atom. The third kappa shape index (κ3) is 3.25. The van der Waals surface area contributed by atoms with Crippen LogP contribution in [0, 0.1) is 0 Å². The molecule has 1 aliphatic rings. The summed E-state index contributed by atoms with van der Waals surface area (Å²) in [5, 5.41) is 4.12. The van der Waals surface area contributed by atoms with Crippen LogP contribution >= 0.6 is 0 Å². The average molecular weight is 334 g/mol. The normalized spacial score (nSPS) is 13.0. The molecule has 1 N–H and O–H groups in total. The van der Waals surface area contributed by atoms with Crippen LogP contribution in [-0.4, -0.2) is 17.1 Å². The number of fused-ring (bicyclic) bond motifs is 2. The lowest BCUT2D eigenvalue weighted by Gasteiger charge is -2.09. The van der Waals surface area contributed by atoms with E-state index in [1.54, 1.807) is 0 Å². The van der Waals surface area contributed by atoms with E-state index in [0.29, 0.717) is 6.54 Å². The minimum Gasteiger partial charge on any atom is -0.484 e. The number of hydrogen-bond acceptors (Lipinski definition) is 2. The molecule has 0 saturated carbocycles. The van der Waals surface area contributed by atoms with Crippen LogP contribution in [0.5, 0.6) is 5.75 Å². The van der Waals surface area contributed by atoms with E-state index >= 15 is 0 Å². The maximum absolute atomic E-state index is 12.1. The maximum atomic E-state index is 12.1. The number of ether oxygens (including phenoxy) is 1. The van der Waals surface area contributed by atoms with E-state index < -0.39 is 0 Å². The molecule has 1 aromatic heterocycles. The quantitative estimate of drug-likeness (QED) is 0.777. The number of aryl methyl sites for hydroxylation is 3. The number of hydrogen-bond donors (Lipinski definition) is 1.